The van der Waals surface area contributed by atoms with E-state index in [1.54, 1.807) is 0 Å². The summed E-state index contributed by atoms with van der Waals surface area (Å²) in [5, 5.41) is 0. The molecule has 0 saturated carbocycles. The Morgan fingerprint density at radius 3 is 2.21 bits per heavy atom. The number of unbranched alkanes of at least 4 members (excludes halogenated alkanes) is 3. The standard InChI is InChI=1S/C15H24O2.C2H4/c1-4-5-6-10-13-16-15(2,3)17-14-11-8-7-9-12-14;1-2/h7-9,11-12H,4-6,10,13H2,1-3H3;1-2H2. The molecule has 0 radical (unpaired) electrons. The lowest BCUT2D eigenvalue weighted by molar-refractivity contribution is -0.156. The molecule has 0 amide bonds. The van der Waals surface area contributed by atoms with Crippen molar-refractivity contribution in [2.75, 3.05) is 6.61 Å². The van der Waals surface area contributed by atoms with E-state index < -0.39 is 5.79 Å². The summed E-state index contributed by atoms with van der Waals surface area (Å²) in [7, 11) is 0. The van der Waals surface area contributed by atoms with Crippen LogP contribution in [0.1, 0.15) is 46.5 Å². The van der Waals surface area contributed by atoms with Gasteiger partial charge >= 0.3 is 0 Å². The van der Waals surface area contributed by atoms with Crippen molar-refractivity contribution in [3.8, 4) is 5.75 Å². The highest BCUT2D eigenvalue weighted by atomic mass is 16.7. The molecule has 0 aliphatic heterocycles. The van der Waals surface area contributed by atoms with Crippen molar-refractivity contribution in [1.29, 1.82) is 0 Å². The van der Waals surface area contributed by atoms with E-state index in [0.29, 0.717) is 0 Å². The Bertz CT molecular complexity index is 306. The van der Waals surface area contributed by atoms with Gasteiger partial charge in [0, 0.05) is 13.8 Å². The second-order valence-corrected chi connectivity index (χ2v) is 4.72. The van der Waals surface area contributed by atoms with E-state index in [4.69, 9.17) is 9.47 Å². The van der Waals surface area contributed by atoms with Crippen molar-refractivity contribution in [2.45, 2.75) is 52.2 Å². The number of hydrogen-bond donors (Lipinski definition) is 0. The highest BCUT2D eigenvalue weighted by Crippen LogP contribution is 2.19. The zero-order chi connectivity index (χ0) is 14.6. The van der Waals surface area contributed by atoms with E-state index in [1.165, 1.54) is 19.3 Å². The molecule has 19 heavy (non-hydrogen) atoms. The van der Waals surface area contributed by atoms with E-state index >= 15 is 0 Å². The maximum Gasteiger partial charge on any atom is 0.204 e. The third-order valence-electron chi connectivity index (χ3n) is 2.55. The lowest BCUT2D eigenvalue weighted by atomic mass is 10.2. The molecule has 0 heterocycles. The molecule has 0 bridgehead atoms. The lowest BCUT2D eigenvalue weighted by Crippen LogP contribution is -2.32. The summed E-state index contributed by atoms with van der Waals surface area (Å²) in [6.45, 7) is 12.9. The molecule has 0 spiro atoms. The Labute approximate surface area is 118 Å². The maximum absolute atomic E-state index is 5.79. The van der Waals surface area contributed by atoms with E-state index in [-0.39, 0.29) is 0 Å². The minimum atomic E-state index is -0.548. The van der Waals surface area contributed by atoms with Gasteiger partial charge in [-0.25, -0.2) is 0 Å². The Morgan fingerprint density at radius 2 is 1.63 bits per heavy atom. The van der Waals surface area contributed by atoms with Gasteiger partial charge in [-0.2, -0.15) is 0 Å². The van der Waals surface area contributed by atoms with Crippen LogP contribution in [0.5, 0.6) is 5.75 Å². The molecule has 1 aromatic carbocycles. The third-order valence-corrected chi connectivity index (χ3v) is 2.55. The van der Waals surface area contributed by atoms with Gasteiger partial charge in [0.15, 0.2) is 0 Å². The van der Waals surface area contributed by atoms with Crippen molar-refractivity contribution < 1.29 is 9.47 Å². The molecular formula is C17H28O2. The van der Waals surface area contributed by atoms with Gasteiger partial charge in [-0.1, -0.05) is 44.4 Å². The van der Waals surface area contributed by atoms with Crippen LogP contribution in [-0.4, -0.2) is 12.4 Å². The fourth-order valence-electron chi connectivity index (χ4n) is 1.65. The van der Waals surface area contributed by atoms with Crippen LogP contribution in [0.3, 0.4) is 0 Å². The molecule has 108 valence electrons. The molecule has 2 nitrogen and oxygen atoms in total. The summed E-state index contributed by atoms with van der Waals surface area (Å²) in [6.07, 6.45) is 4.88. The molecule has 2 heteroatoms. The van der Waals surface area contributed by atoms with Gasteiger partial charge in [-0.15, -0.1) is 13.2 Å². The minimum Gasteiger partial charge on any atom is -0.463 e. The fourth-order valence-corrected chi connectivity index (χ4v) is 1.65. The van der Waals surface area contributed by atoms with Gasteiger partial charge in [0.25, 0.3) is 0 Å². The summed E-state index contributed by atoms with van der Waals surface area (Å²) < 4.78 is 11.5. The first-order valence-electron chi connectivity index (χ1n) is 7.02. The Hall–Kier alpha value is -1.28. The van der Waals surface area contributed by atoms with E-state index in [1.807, 2.05) is 44.2 Å². The normalized spacial score (nSPS) is 10.5. The monoisotopic (exact) mass is 264 g/mol. The molecule has 0 unspecified atom stereocenters. The molecule has 0 N–H and O–H groups in total. The zero-order valence-corrected chi connectivity index (χ0v) is 12.7. The molecule has 0 saturated heterocycles. The lowest BCUT2D eigenvalue weighted by Gasteiger charge is -2.26. The highest BCUT2D eigenvalue weighted by Gasteiger charge is 2.19. The van der Waals surface area contributed by atoms with Crippen molar-refractivity contribution in [1.82, 2.24) is 0 Å². The maximum atomic E-state index is 5.79. The smallest absolute Gasteiger partial charge is 0.204 e. The number of rotatable bonds is 8. The van der Waals surface area contributed by atoms with Crippen LogP contribution in [0.15, 0.2) is 43.5 Å². The number of benzene rings is 1. The summed E-state index contributed by atoms with van der Waals surface area (Å²) in [5.41, 5.74) is 0. The van der Waals surface area contributed by atoms with Crippen molar-refractivity contribution in [3.05, 3.63) is 43.5 Å². The second kappa shape index (κ2) is 10.6. The Balaban J connectivity index is 0.00000154. The van der Waals surface area contributed by atoms with Gasteiger partial charge in [-0.05, 0) is 18.6 Å². The zero-order valence-electron chi connectivity index (χ0n) is 12.7. The predicted octanol–water partition coefficient (Wildman–Crippen LogP) is 5.20. The van der Waals surface area contributed by atoms with Gasteiger partial charge in [0.1, 0.15) is 5.75 Å². The molecule has 0 fully saturated rings. The highest BCUT2D eigenvalue weighted by molar-refractivity contribution is 5.21. The van der Waals surface area contributed by atoms with E-state index in [9.17, 15) is 0 Å². The number of ether oxygens (including phenoxy) is 2. The van der Waals surface area contributed by atoms with Crippen LogP contribution in [0.4, 0.5) is 0 Å². The summed E-state index contributed by atoms with van der Waals surface area (Å²) in [6, 6.07) is 9.80. The quantitative estimate of drug-likeness (QED) is 0.365. The molecule has 1 rings (SSSR count). The average Bonchev–Trinajstić information content (AvgIpc) is 2.41. The summed E-state index contributed by atoms with van der Waals surface area (Å²) in [5.74, 6) is 0.305. The fraction of sp³-hybridized carbons (Fsp3) is 0.529. The average molecular weight is 264 g/mol. The number of para-hydroxylation sites is 1. The molecule has 0 aromatic heterocycles. The van der Waals surface area contributed by atoms with Gasteiger partial charge < -0.3 is 9.47 Å². The first kappa shape index (κ1) is 17.7. The molecule has 0 atom stereocenters. The first-order chi connectivity index (χ1) is 9.14. The van der Waals surface area contributed by atoms with Crippen LogP contribution in [0, 0.1) is 0 Å². The Kier molecular flexibility index (Phi) is 9.91. The third kappa shape index (κ3) is 9.32. The van der Waals surface area contributed by atoms with Crippen LogP contribution >= 0.6 is 0 Å². The molecule has 0 aliphatic carbocycles. The van der Waals surface area contributed by atoms with Crippen molar-refractivity contribution >= 4 is 0 Å². The predicted molar refractivity (Wildman–Crippen MR) is 82.5 cm³/mol. The van der Waals surface area contributed by atoms with Crippen molar-refractivity contribution in [2.24, 2.45) is 0 Å². The minimum absolute atomic E-state index is 0.548. The van der Waals surface area contributed by atoms with Gasteiger partial charge in [0.05, 0.1) is 6.61 Å². The largest absolute Gasteiger partial charge is 0.463 e. The molecule has 1 aromatic rings. The number of hydrogen-bond acceptors (Lipinski definition) is 2. The molecular weight excluding hydrogens is 236 g/mol. The topological polar surface area (TPSA) is 18.5 Å². The van der Waals surface area contributed by atoms with Crippen LogP contribution in [0.25, 0.3) is 0 Å². The van der Waals surface area contributed by atoms with Crippen LogP contribution < -0.4 is 4.74 Å². The Morgan fingerprint density at radius 1 is 1.00 bits per heavy atom. The summed E-state index contributed by atoms with van der Waals surface area (Å²) in [4.78, 5) is 0. The SMILES string of the molecule is C=C.CCCCCCOC(C)(C)Oc1ccccc1. The summed E-state index contributed by atoms with van der Waals surface area (Å²) >= 11 is 0. The van der Waals surface area contributed by atoms with E-state index in [2.05, 4.69) is 20.1 Å². The van der Waals surface area contributed by atoms with Crippen LogP contribution in [0.2, 0.25) is 0 Å². The molecule has 0 aliphatic rings. The van der Waals surface area contributed by atoms with E-state index in [0.717, 1.165) is 18.8 Å². The first-order valence-corrected chi connectivity index (χ1v) is 7.02. The second-order valence-electron chi connectivity index (χ2n) is 4.72. The van der Waals surface area contributed by atoms with Gasteiger partial charge in [-0.3, -0.25) is 0 Å². The van der Waals surface area contributed by atoms with Gasteiger partial charge in [0.2, 0.25) is 5.79 Å². The van der Waals surface area contributed by atoms with Crippen LogP contribution in [-0.2, 0) is 4.74 Å². The van der Waals surface area contributed by atoms with Crippen molar-refractivity contribution in [3.63, 3.8) is 0 Å².